The zero-order valence-electron chi connectivity index (χ0n) is 7.38. The van der Waals surface area contributed by atoms with Gasteiger partial charge in [0.1, 0.15) is 0 Å². The van der Waals surface area contributed by atoms with Crippen LogP contribution in [0, 0.1) is 0 Å². The number of carboxylic acid groups (broad SMARTS) is 1. The van der Waals surface area contributed by atoms with Crippen LogP contribution in [0.2, 0.25) is 0 Å². The van der Waals surface area contributed by atoms with E-state index in [2.05, 4.69) is 0 Å². The van der Waals surface area contributed by atoms with Crippen LogP contribution < -0.4 is 0 Å². The van der Waals surface area contributed by atoms with E-state index in [0.717, 1.165) is 0 Å². The van der Waals surface area contributed by atoms with Crippen molar-refractivity contribution in [2.75, 3.05) is 0 Å². The molecule has 0 aliphatic rings. The molecule has 3 nitrogen and oxygen atoms in total. The number of aliphatic hydroxyl groups excluding tert-OH is 1. The molecule has 0 amide bonds. The van der Waals surface area contributed by atoms with E-state index in [1.165, 1.54) is 0 Å². The average Bonchev–Trinajstić information content (AvgIpc) is 2.03. The number of aliphatic carboxylic acids is 1. The van der Waals surface area contributed by atoms with Crippen LogP contribution in [0.1, 0.15) is 33.1 Å². The summed E-state index contributed by atoms with van der Waals surface area (Å²) in [5.41, 5.74) is 0. The molecule has 2 atom stereocenters. The second kappa shape index (κ2) is 4.67. The summed E-state index contributed by atoms with van der Waals surface area (Å²) in [6.45, 7) is 3.54. The third-order valence-corrected chi connectivity index (χ3v) is 2.49. The molecule has 4 heteroatoms. The maximum atomic E-state index is 10.7. The smallest absolute Gasteiger partial charge is 0.327 e. The molecule has 2 unspecified atom stereocenters. The molecule has 0 aliphatic carbocycles. The number of carbonyl (C=O) groups is 1. The third-order valence-electron chi connectivity index (χ3n) is 1.88. The predicted octanol–water partition coefficient (Wildman–Crippen LogP) is 1.62. The molecule has 0 aromatic carbocycles. The maximum absolute atomic E-state index is 10.7. The predicted molar refractivity (Wildman–Crippen MR) is 47.4 cm³/mol. The van der Waals surface area contributed by atoms with Crippen molar-refractivity contribution in [1.82, 2.24) is 0 Å². The fraction of sp³-hybridized carbons (Fsp3) is 0.875. The van der Waals surface area contributed by atoms with E-state index < -0.39 is 16.9 Å². The van der Waals surface area contributed by atoms with Gasteiger partial charge in [-0.15, -0.1) is 11.6 Å². The summed E-state index contributed by atoms with van der Waals surface area (Å²) in [7, 11) is 0. The van der Waals surface area contributed by atoms with Crippen LogP contribution in [0.3, 0.4) is 0 Å². The van der Waals surface area contributed by atoms with Crippen LogP contribution in [-0.4, -0.2) is 27.2 Å². The number of aliphatic hydroxyl groups is 1. The van der Waals surface area contributed by atoms with Crippen molar-refractivity contribution in [3.8, 4) is 0 Å². The van der Waals surface area contributed by atoms with Gasteiger partial charge >= 0.3 is 5.97 Å². The lowest BCUT2D eigenvalue weighted by Crippen LogP contribution is -2.44. The van der Waals surface area contributed by atoms with Crippen LogP contribution >= 0.6 is 11.6 Å². The molecule has 0 saturated heterocycles. The standard InChI is InChI=1S/C8H15ClO3/c1-3-5-8(9,7(11)12)6(10)4-2/h6,10H,3-5H2,1-2H3,(H,11,12). The maximum Gasteiger partial charge on any atom is 0.327 e. The number of hydrogen-bond donors (Lipinski definition) is 2. The lowest BCUT2D eigenvalue weighted by molar-refractivity contribution is -0.143. The van der Waals surface area contributed by atoms with Crippen molar-refractivity contribution >= 4 is 17.6 Å². The highest BCUT2D eigenvalue weighted by Gasteiger charge is 2.41. The van der Waals surface area contributed by atoms with E-state index in [1.807, 2.05) is 6.92 Å². The highest BCUT2D eigenvalue weighted by molar-refractivity contribution is 6.34. The Bertz CT molecular complexity index is 160. The van der Waals surface area contributed by atoms with Gasteiger partial charge in [-0.05, 0) is 12.8 Å². The Morgan fingerprint density at radius 3 is 2.33 bits per heavy atom. The van der Waals surface area contributed by atoms with Crippen LogP contribution in [0.5, 0.6) is 0 Å². The number of rotatable bonds is 5. The molecule has 12 heavy (non-hydrogen) atoms. The summed E-state index contributed by atoms with van der Waals surface area (Å²) in [5, 5.41) is 18.1. The van der Waals surface area contributed by atoms with Gasteiger partial charge in [0, 0.05) is 0 Å². The quantitative estimate of drug-likeness (QED) is 0.654. The van der Waals surface area contributed by atoms with Crippen molar-refractivity contribution in [3.05, 3.63) is 0 Å². The summed E-state index contributed by atoms with van der Waals surface area (Å²) in [6.07, 6.45) is 0.318. The normalized spacial score (nSPS) is 18.3. The second-order valence-electron chi connectivity index (χ2n) is 2.84. The van der Waals surface area contributed by atoms with Gasteiger partial charge in [-0.25, -0.2) is 0 Å². The van der Waals surface area contributed by atoms with Gasteiger partial charge in [-0.1, -0.05) is 20.3 Å². The number of halogens is 1. The van der Waals surface area contributed by atoms with E-state index in [1.54, 1.807) is 6.92 Å². The van der Waals surface area contributed by atoms with Gasteiger partial charge in [-0.3, -0.25) is 4.79 Å². The van der Waals surface area contributed by atoms with Crippen LogP contribution in [0.25, 0.3) is 0 Å². The summed E-state index contributed by atoms with van der Waals surface area (Å²) < 4.78 is 0. The van der Waals surface area contributed by atoms with Crippen LogP contribution in [0.15, 0.2) is 0 Å². The molecule has 0 aliphatic heterocycles. The first-order chi connectivity index (χ1) is 5.49. The molecule has 0 aromatic heterocycles. The summed E-state index contributed by atoms with van der Waals surface area (Å²) in [5.74, 6) is -1.14. The molecule has 2 N–H and O–H groups in total. The molecular formula is C8H15ClO3. The fourth-order valence-corrected chi connectivity index (χ4v) is 1.45. The minimum Gasteiger partial charge on any atom is -0.480 e. The zero-order valence-corrected chi connectivity index (χ0v) is 8.14. The number of alkyl halides is 1. The highest BCUT2D eigenvalue weighted by Crippen LogP contribution is 2.28. The van der Waals surface area contributed by atoms with Gasteiger partial charge in [0.2, 0.25) is 0 Å². The average molecular weight is 195 g/mol. The summed E-state index contributed by atoms with van der Waals surface area (Å²) >= 11 is 5.78. The molecule has 0 saturated carbocycles. The summed E-state index contributed by atoms with van der Waals surface area (Å²) in [6, 6.07) is 0. The fourth-order valence-electron chi connectivity index (χ4n) is 1.10. The van der Waals surface area contributed by atoms with Crippen LogP contribution in [-0.2, 0) is 4.79 Å². The van der Waals surface area contributed by atoms with Crippen molar-refractivity contribution in [1.29, 1.82) is 0 Å². The van der Waals surface area contributed by atoms with E-state index in [4.69, 9.17) is 16.7 Å². The second-order valence-corrected chi connectivity index (χ2v) is 3.52. The molecule has 72 valence electrons. The van der Waals surface area contributed by atoms with E-state index >= 15 is 0 Å². The largest absolute Gasteiger partial charge is 0.480 e. The Hall–Kier alpha value is -0.280. The van der Waals surface area contributed by atoms with Gasteiger partial charge in [0.25, 0.3) is 0 Å². The first-order valence-corrected chi connectivity index (χ1v) is 4.47. The first kappa shape index (κ1) is 11.7. The SMILES string of the molecule is CCCC(Cl)(C(=O)O)C(O)CC. The van der Waals surface area contributed by atoms with Crippen molar-refractivity contribution in [3.63, 3.8) is 0 Å². The van der Waals surface area contributed by atoms with Gasteiger partial charge in [-0.2, -0.15) is 0 Å². The van der Waals surface area contributed by atoms with E-state index in [9.17, 15) is 9.90 Å². The monoisotopic (exact) mass is 194 g/mol. The lowest BCUT2D eigenvalue weighted by atomic mass is 9.94. The molecular weight excluding hydrogens is 180 g/mol. The van der Waals surface area contributed by atoms with Crippen molar-refractivity contribution in [2.24, 2.45) is 0 Å². The Morgan fingerprint density at radius 2 is 2.08 bits per heavy atom. The molecule has 0 radical (unpaired) electrons. The summed E-state index contributed by atoms with van der Waals surface area (Å²) in [4.78, 5) is 9.22. The van der Waals surface area contributed by atoms with Crippen molar-refractivity contribution < 1.29 is 15.0 Å². The minimum atomic E-state index is -1.50. The Kier molecular flexibility index (Phi) is 4.57. The van der Waals surface area contributed by atoms with Gasteiger partial charge in [0.15, 0.2) is 4.87 Å². The first-order valence-electron chi connectivity index (χ1n) is 4.09. The zero-order chi connectivity index (χ0) is 9.78. The Labute approximate surface area is 77.3 Å². The molecule has 0 rings (SSSR count). The van der Waals surface area contributed by atoms with E-state index in [-0.39, 0.29) is 0 Å². The van der Waals surface area contributed by atoms with Crippen LogP contribution in [0.4, 0.5) is 0 Å². The van der Waals surface area contributed by atoms with Gasteiger partial charge in [0.05, 0.1) is 6.10 Å². The molecule has 0 aromatic rings. The lowest BCUT2D eigenvalue weighted by Gasteiger charge is -2.26. The topological polar surface area (TPSA) is 57.5 Å². The van der Waals surface area contributed by atoms with E-state index in [0.29, 0.717) is 19.3 Å². The molecule has 0 spiro atoms. The number of hydrogen-bond acceptors (Lipinski definition) is 2. The highest BCUT2D eigenvalue weighted by atomic mass is 35.5. The van der Waals surface area contributed by atoms with Crippen molar-refractivity contribution in [2.45, 2.75) is 44.1 Å². The minimum absolute atomic E-state index is 0.291. The molecule has 0 fully saturated rings. The Morgan fingerprint density at radius 1 is 1.58 bits per heavy atom. The third kappa shape index (κ3) is 2.35. The Balaban J connectivity index is 4.48. The number of carboxylic acids is 1. The molecule has 0 heterocycles. The molecule has 0 bridgehead atoms. The van der Waals surface area contributed by atoms with Gasteiger partial charge < -0.3 is 10.2 Å².